The van der Waals surface area contributed by atoms with Crippen molar-refractivity contribution in [3.8, 4) is 0 Å². The van der Waals surface area contributed by atoms with Crippen molar-refractivity contribution in [2.45, 2.75) is 25.9 Å². The number of aliphatic imine (C=N–C) groups is 1. The number of hydrazone groups is 1. The second-order valence-electron chi connectivity index (χ2n) is 8.13. The Labute approximate surface area is 196 Å². The summed E-state index contributed by atoms with van der Waals surface area (Å²) in [6.07, 6.45) is 2.09. The van der Waals surface area contributed by atoms with Gasteiger partial charge in [-0.3, -0.25) is 14.7 Å². The van der Waals surface area contributed by atoms with Gasteiger partial charge in [-0.15, -0.1) is 0 Å². The number of benzene rings is 1. The number of rotatable bonds is 5. The Bertz CT molecular complexity index is 1110. The van der Waals surface area contributed by atoms with Crippen molar-refractivity contribution in [2.24, 2.45) is 15.9 Å². The lowest BCUT2D eigenvalue weighted by atomic mass is 9.99. The van der Waals surface area contributed by atoms with E-state index in [1.807, 2.05) is 11.8 Å². The highest BCUT2D eigenvalue weighted by atomic mass is 35.5. The third-order valence-electron chi connectivity index (χ3n) is 5.97. The van der Waals surface area contributed by atoms with Crippen LogP contribution in [0, 0.1) is 5.82 Å². The first kappa shape index (κ1) is 23.3. The van der Waals surface area contributed by atoms with E-state index in [4.69, 9.17) is 27.2 Å². The van der Waals surface area contributed by atoms with E-state index in [9.17, 15) is 9.18 Å². The Morgan fingerprint density at radius 1 is 1.30 bits per heavy atom. The standard InChI is InChI=1S/C22H27ClFN7O2/c1-14(17-3-2-16(24)10-15(17)12-30-6-8-33-9-7-30)27-18-4-5-31(13-19(18)28-25)20-11-26-29-22(32)21(20)23/h2-3,10-11,14H,4-9,12-13,25H2,1H3,(H,29,32)/t14-/m1/s1. The van der Waals surface area contributed by atoms with Crippen molar-refractivity contribution in [2.75, 3.05) is 44.3 Å². The summed E-state index contributed by atoms with van der Waals surface area (Å²) < 4.78 is 19.5. The topological polar surface area (TPSA) is 112 Å². The van der Waals surface area contributed by atoms with Crippen LogP contribution >= 0.6 is 11.6 Å². The first-order chi connectivity index (χ1) is 16.0. The average Bonchev–Trinajstić information content (AvgIpc) is 2.82. The fraction of sp³-hybridized carbons (Fsp3) is 0.455. The molecular formula is C22H27ClFN7O2. The quantitative estimate of drug-likeness (QED) is 0.506. The predicted molar refractivity (Wildman–Crippen MR) is 127 cm³/mol. The highest BCUT2D eigenvalue weighted by Crippen LogP contribution is 2.27. The maximum Gasteiger partial charge on any atom is 0.285 e. The molecular weight excluding hydrogens is 449 g/mol. The maximum atomic E-state index is 14.0. The lowest BCUT2D eigenvalue weighted by Crippen LogP contribution is -2.43. The van der Waals surface area contributed by atoms with Crippen molar-refractivity contribution < 1.29 is 9.13 Å². The molecule has 2 aliphatic rings. The molecule has 0 bridgehead atoms. The molecule has 2 aromatic rings. The molecule has 0 amide bonds. The summed E-state index contributed by atoms with van der Waals surface area (Å²) in [6, 6.07) is 4.65. The molecule has 176 valence electrons. The van der Waals surface area contributed by atoms with Gasteiger partial charge >= 0.3 is 0 Å². The summed E-state index contributed by atoms with van der Waals surface area (Å²) in [7, 11) is 0. The number of nitrogens with zero attached hydrogens (tertiary/aromatic N) is 5. The van der Waals surface area contributed by atoms with Gasteiger partial charge in [0, 0.05) is 32.6 Å². The molecule has 9 nitrogen and oxygen atoms in total. The number of aromatic amines is 1. The van der Waals surface area contributed by atoms with Crippen molar-refractivity contribution in [3.63, 3.8) is 0 Å². The van der Waals surface area contributed by atoms with Crippen molar-refractivity contribution in [3.05, 3.63) is 56.7 Å². The molecule has 2 aliphatic heterocycles. The molecule has 33 heavy (non-hydrogen) atoms. The molecule has 2 fully saturated rings. The number of morpholine rings is 1. The van der Waals surface area contributed by atoms with Gasteiger partial charge in [0.25, 0.3) is 5.56 Å². The number of nitrogens with one attached hydrogen (secondary N) is 1. The Morgan fingerprint density at radius 3 is 2.85 bits per heavy atom. The van der Waals surface area contributed by atoms with E-state index in [1.54, 1.807) is 12.1 Å². The fourth-order valence-electron chi connectivity index (χ4n) is 4.21. The van der Waals surface area contributed by atoms with E-state index in [1.165, 1.54) is 12.3 Å². The summed E-state index contributed by atoms with van der Waals surface area (Å²) in [6.45, 7) is 6.57. The Morgan fingerprint density at radius 2 is 2.09 bits per heavy atom. The summed E-state index contributed by atoms with van der Waals surface area (Å²) in [5.41, 5.74) is 3.37. The SMILES string of the molecule is C[C@@H](N=C1CCN(c2cn[nH]c(=O)c2Cl)CC1=NN)c1ccc(F)cc1CN1CCOCC1. The number of anilines is 1. The largest absolute Gasteiger partial charge is 0.379 e. The minimum Gasteiger partial charge on any atom is -0.379 e. The average molecular weight is 476 g/mol. The van der Waals surface area contributed by atoms with Crippen LogP contribution in [-0.4, -0.2) is 65.9 Å². The third-order valence-corrected chi connectivity index (χ3v) is 6.33. The molecule has 0 unspecified atom stereocenters. The monoisotopic (exact) mass is 475 g/mol. The van der Waals surface area contributed by atoms with E-state index in [2.05, 4.69) is 20.2 Å². The van der Waals surface area contributed by atoms with Crippen LogP contribution < -0.4 is 16.3 Å². The second-order valence-corrected chi connectivity index (χ2v) is 8.51. The molecule has 0 saturated carbocycles. The molecule has 0 radical (unpaired) electrons. The lowest BCUT2D eigenvalue weighted by Gasteiger charge is -2.31. The first-order valence-electron chi connectivity index (χ1n) is 10.9. The van der Waals surface area contributed by atoms with Crippen LogP contribution in [0.4, 0.5) is 10.1 Å². The third kappa shape index (κ3) is 5.40. The zero-order chi connectivity index (χ0) is 23.4. The Hall–Kier alpha value is -2.82. The number of piperidine rings is 1. The van der Waals surface area contributed by atoms with Crippen molar-refractivity contribution >= 4 is 28.7 Å². The normalized spacial score (nSPS) is 21.0. The molecule has 2 saturated heterocycles. The summed E-state index contributed by atoms with van der Waals surface area (Å²) in [4.78, 5) is 20.9. The van der Waals surface area contributed by atoms with Crippen LogP contribution in [0.2, 0.25) is 5.02 Å². The van der Waals surface area contributed by atoms with Gasteiger partial charge in [0.2, 0.25) is 0 Å². The summed E-state index contributed by atoms with van der Waals surface area (Å²) >= 11 is 6.16. The van der Waals surface area contributed by atoms with Gasteiger partial charge in [-0.25, -0.2) is 9.49 Å². The van der Waals surface area contributed by atoms with E-state index < -0.39 is 5.56 Å². The second kappa shape index (κ2) is 10.4. The van der Waals surface area contributed by atoms with Crippen LogP contribution in [0.15, 0.2) is 39.3 Å². The van der Waals surface area contributed by atoms with Gasteiger partial charge in [-0.1, -0.05) is 17.7 Å². The summed E-state index contributed by atoms with van der Waals surface area (Å²) in [5, 5.41) is 10.2. The highest BCUT2D eigenvalue weighted by molar-refractivity contribution is 6.44. The molecule has 1 aromatic carbocycles. The van der Waals surface area contributed by atoms with Gasteiger partial charge in [0.05, 0.1) is 43.4 Å². The minimum atomic E-state index is -0.447. The van der Waals surface area contributed by atoms with E-state index in [-0.39, 0.29) is 16.9 Å². The molecule has 1 atom stereocenters. The molecule has 0 aliphatic carbocycles. The summed E-state index contributed by atoms with van der Waals surface area (Å²) in [5.74, 6) is 5.42. The minimum absolute atomic E-state index is 0.0780. The van der Waals surface area contributed by atoms with E-state index >= 15 is 0 Å². The van der Waals surface area contributed by atoms with Gasteiger partial charge in [-0.2, -0.15) is 10.2 Å². The zero-order valence-corrected chi connectivity index (χ0v) is 19.2. The number of nitrogens with two attached hydrogens (primary N) is 1. The molecule has 3 N–H and O–H groups in total. The van der Waals surface area contributed by atoms with Crippen LogP contribution in [0.5, 0.6) is 0 Å². The van der Waals surface area contributed by atoms with E-state index in [0.717, 1.165) is 29.9 Å². The number of H-pyrrole nitrogens is 1. The van der Waals surface area contributed by atoms with Crippen LogP contribution in [0.1, 0.15) is 30.5 Å². The molecule has 3 heterocycles. The Kier molecular flexibility index (Phi) is 7.36. The van der Waals surface area contributed by atoms with E-state index in [0.29, 0.717) is 50.7 Å². The number of hydrogen-bond donors (Lipinski definition) is 2. The van der Waals surface area contributed by atoms with Crippen LogP contribution in [0.3, 0.4) is 0 Å². The van der Waals surface area contributed by atoms with Crippen molar-refractivity contribution in [1.82, 2.24) is 15.1 Å². The predicted octanol–water partition coefficient (Wildman–Crippen LogP) is 2.12. The lowest BCUT2D eigenvalue weighted by molar-refractivity contribution is 0.0340. The number of ether oxygens (including phenoxy) is 1. The van der Waals surface area contributed by atoms with Crippen LogP contribution in [0.25, 0.3) is 0 Å². The number of aromatic nitrogens is 2. The zero-order valence-electron chi connectivity index (χ0n) is 18.4. The Balaban J connectivity index is 1.54. The fourth-order valence-corrected chi connectivity index (χ4v) is 4.42. The van der Waals surface area contributed by atoms with Gasteiger partial charge in [-0.05, 0) is 30.2 Å². The number of hydrogen-bond acceptors (Lipinski definition) is 8. The smallest absolute Gasteiger partial charge is 0.285 e. The number of halogens is 2. The van der Waals surface area contributed by atoms with Gasteiger partial charge in [0.15, 0.2) is 0 Å². The molecule has 0 spiro atoms. The molecule has 1 aromatic heterocycles. The highest BCUT2D eigenvalue weighted by Gasteiger charge is 2.25. The maximum absolute atomic E-state index is 14.0. The van der Waals surface area contributed by atoms with Gasteiger partial charge in [0.1, 0.15) is 16.6 Å². The molecule has 11 heteroatoms. The van der Waals surface area contributed by atoms with Crippen molar-refractivity contribution in [1.29, 1.82) is 0 Å². The molecule has 4 rings (SSSR count). The first-order valence-corrected chi connectivity index (χ1v) is 11.2. The van der Waals surface area contributed by atoms with Crippen LogP contribution in [-0.2, 0) is 11.3 Å². The van der Waals surface area contributed by atoms with Gasteiger partial charge < -0.3 is 15.5 Å².